The summed E-state index contributed by atoms with van der Waals surface area (Å²) in [4.78, 5) is 1.27. The van der Waals surface area contributed by atoms with Gasteiger partial charge >= 0.3 is 0 Å². The third-order valence-electron chi connectivity index (χ3n) is 1.14. The lowest BCUT2D eigenvalue weighted by Gasteiger charge is -2.00. The highest BCUT2D eigenvalue weighted by Gasteiger charge is 2.00. The summed E-state index contributed by atoms with van der Waals surface area (Å²) in [6.07, 6.45) is 0. The molecule has 0 unspecified atom stereocenters. The SMILES string of the molecule is CC(C)SCc1cc(N)ns1. The van der Waals surface area contributed by atoms with Gasteiger partial charge in [-0.1, -0.05) is 13.8 Å². The Morgan fingerprint density at radius 3 is 2.91 bits per heavy atom. The Morgan fingerprint density at radius 1 is 1.73 bits per heavy atom. The molecule has 1 rings (SSSR count). The molecule has 11 heavy (non-hydrogen) atoms. The Morgan fingerprint density at radius 2 is 2.45 bits per heavy atom. The van der Waals surface area contributed by atoms with Gasteiger partial charge in [0.1, 0.15) is 5.82 Å². The molecule has 0 bridgehead atoms. The molecule has 0 aromatic carbocycles. The van der Waals surface area contributed by atoms with Gasteiger partial charge in [-0.3, -0.25) is 0 Å². The summed E-state index contributed by atoms with van der Waals surface area (Å²) in [5.74, 6) is 1.68. The van der Waals surface area contributed by atoms with Gasteiger partial charge in [-0.2, -0.15) is 16.1 Å². The first-order valence-corrected chi connectivity index (χ1v) is 5.33. The smallest absolute Gasteiger partial charge is 0.137 e. The maximum Gasteiger partial charge on any atom is 0.137 e. The van der Waals surface area contributed by atoms with Crippen LogP contribution >= 0.6 is 23.3 Å². The van der Waals surface area contributed by atoms with Crippen molar-refractivity contribution in [2.24, 2.45) is 0 Å². The van der Waals surface area contributed by atoms with Crippen LogP contribution in [0.1, 0.15) is 18.7 Å². The van der Waals surface area contributed by atoms with Crippen molar-refractivity contribution in [3.05, 3.63) is 10.9 Å². The van der Waals surface area contributed by atoms with Crippen molar-refractivity contribution in [3.63, 3.8) is 0 Å². The minimum Gasteiger partial charge on any atom is -0.383 e. The van der Waals surface area contributed by atoms with Gasteiger partial charge in [-0.25, -0.2) is 0 Å². The summed E-state index contributed by atoms with van der Waals surface area (Å²) in [5.41, 5.74) is 5.48. The van der Waals surface area contributed by atoms with Crippen LogP contribution in [0.4, 0.5) is 5.82 Å². The molecule has 4 heteroatoms. The molecule has 0 radical (unpaired) electrons. The van der Waals surface area contributed by atoms with Crippen molar-refractivity contribution >= 4 is 29.1 Å². The molecule has 0 amide bonds. The third-order valence-corrected chi connectivity index (χ3v) is 3.26. The summed E-state index contributed by atoms with van der Waals surface area (Å²) >= 11 is 3.41. The number of aromatic nitrogens is 1. The Kier molecular flexibility index (Phi) is 3.20. The zero-order chi connectivity index (χ0) is 8.27. The van der Waals surface area contributed by atoms with Crippen LogP contribution in [0.5, 0.6) is 0 Å². The molecule has 0 saturated heterocycles. The Hall–Kier alpha value is -0.220. The normalized spacial score (nSPS) is 10.8. The number of hydrogen-bond donors (Lipinski definition) is 1. The lowest BCUT2D eigenvalue weighted by atomic mass is 10.5. The van der Waals surface area contributed by atoms with E-state index in [4.69, 9.17) is 5.73 Å². The second-order valence-electron chi connectivity index (χ2n) is 2.58. The molecular weight excluding hydrogens is 176 g/mol. The monoisotopic (exact) mass is 188 g/mol. The predicted octanol–water partition coefficient (Wildman–Crippen LogP) is 2.37. The predicted molar refractivity (Wildman–Crippen MR) is 53.0 cm³/mol. The van der Waals surface area contributed by atoms with Crippen molar-refractivity contribution in [1.82, 2.24) is 4.37 Å². The highest BCUT2D eigenvalue weighted by molar-refractivity contribution is 7.99. The number of rotatable bonds is 3. The average molecular weight is 188 g/mol. The van der Waals surface area contributed by atoms with Crippen molar-refractivity contribution in [2.75, 3.05) is 5.73 Å². The van der Waals surface area contributed by atoms with Crippen LogP contribution in [0.3, 0.4) is 0 Å². The number of nitrogen functional groups attached to an aromatic ring is 1. The lowest BCUT2D eigenvalue weighted by molar-refractivity contribution is 1.11. The van der Waals surface area contributed by atoms with Crippen LogP contribution < -0.4 is 5.73 Å². The zero-order valence-corrected chi connectivity index (χ0v) is 8.34. The van der Waals surface area contributed by atoms with Gasteiger partial charge in [0.05, 0.1) is 0 Å². The molecule has 0 aliphatic rings. The van der Waals surface area contributed by atoms with Crippen LogP contribution in [-0.4, -0.2) is 9.62 Å². The molecule has 0 fully saturated rings. The molecule has 62 valence electrons. The van der Waals surface area contributed by atoms with E-state index in [1.165, 1.54) is 16.4 Å². The summed E-state index contributed by atoms with van der Waals surface area (Å²) < 4.78 is 4.00. The van der Waals surface area contributed by atoms with Gasteiger partial charge in [0.15, 0.2) is 0 Å². The molecule has 0 aliphatic heterocycles. The first-order chi connectivity index (χ1) is 5.18. The standard InChI is InChI=1S/C7H12N2S2/c1-5(2)10-4-6-3-7(8)9-11-6/h3,5H,4H2,1-2H3,(H2,8,9). The maximum atomic E-state index is 5.48. The fraction of sp³-hybridized carbons (Fsp3) is 0.571. The molecule has 2 N–H and O–H groups in total. The van der Waals surface area contributed by atoms with Gasteiger partial charge in [0.25, 0.3) is 0 Å². The largest absolute Gasteiger partial charge is 0.383 e. The molecule has 0 spiro atoms. The zero-order valence-electron chi connectivity index (χ0n) is 6.70. The number of nitrogens with zero attached hydrogens (tertiary/aromatic N) is 1. The molecule has 2 nitrogen and oxygen atoms in total. The Balaban J connectivity index is 2.39. The number of anilines is 1. The van der Waals surface area contributed by atoms with E-state index in [0.717, 1.165) is 5.75 Å². The second-order valence-corrected chi connectivity index (χ2v) is 5.03. The van der Waals surface area contributed by atoms with Crippen LogP contribution in [0.15, 0.2) is 6.07 Å². The van der Waals surface area contributed by atoms with Gasteiger partial charge in [-0.15, -0.1) is 0 Å². The fourth-order valence-corrected chi connectivity index (χ4v) is 2.09. The molecule has 0 aliphatic carbocycles. The number of thioether (sulfide) groups is 1. The van der Waals surface area contributed by atoms with Crippen molar-refractivity contribution < 1.29 is 0 Å². The highest BCUT2D eigenvalue weighted by Crippen LogP contribution is 2.21. The van der Waals surface area contributed by atoms with E-state index < -0.39 is 0 Å². The molecule has 1 aromatic rings. The molecule has 0 atom stereocenters. The van der Waals surface area contributed by atoms with E-state index >= 15 is 0 Å². The molecule has 1 heterocycles. The van der Waals surface area contributed by atoms with Gasteiger partial charge in [0.2, 0.25) is 0 Å². The first-order valence-electron chi connectivity index (χ1n) is 3.51. The van der Waals surface area contributed by atoms with Crippen LogP contribution in [0.25, 0.3) is 0 Å². The van der Waals surface area contributed by atoms with E-state index in [0.29, 0.717) is 11.1 Å². The summed E-state index contributed by atoms with van der Waals surface area (Å²) in [7, 11) is 0. The van der Waals surface area contributed by atoms with Crippen molar-refractivity contribution in [1.29, 1.82) is 0 Å². The van der Waals surface area contributed by atoms with E-state index in [-0.39, 0.29) is 0 Å². The number of nitrogens with two attached hydrogens (primary N) is 1. The van der Waals surface area contributed by atoms with Crippen molar-refractivity contribution in [3.8, 4) is 0 Å². The summed E-state index contributed by atoms with van der Waals surface area (Å²) in [6.45, 7) is 4.38. The Bertz CT molecular complexity index is 220. The molecule has 0 saturated carbocycles. The molecule has 1 aromatic heterocycles. The van der Waals surface area contributed by atoms with Crippen LogP contribution in [-0.2, 0) is 5.75 Å². The fourth-order valence-electron chi connectivity index (χ4n) is 0.646. The van der Waals surface area contributed by atoms with Gasteiger partial charge in [-0.05, 0) is 22.8 Å². The number of hydrogen-bond acceptors (Lipinski definition) is 4. The minimum absolute atomic E-state index is 0.648. The summed E-state index contributed by atoms with van der Waals surface area (Å²) in [5, 5.41) is 0.679. The van der Waals surface area contributed by atoms with Crippen molar-refractivity contribution in [2.45, 2.75) is 24.9 Å². The quantitative estimate of drug-likeness (QED) is 0.791. The minimum atomic E-state index is 0.648. The summed E-state index contributed by atoms with van der Waals surface area (Å²) in [6, 6.07) is 1.94. The van der Waals surface area contributed by atoms with E-state index in [1.807, 2.05) is 17.8 Å². The Labute approximate surface area is 75.4 Å². The van der Waals surface area contributed by atoms with Crippen LogP contribution in [0.2, 0.25) is 0 Å². The third kappa shape index (κ3) is 3.12. The molecular formula is C7H12N2S2. The maximum absolute atomic E-state index is 5.48. The first kappa shape index (κ1) is 8.87. The van der Waals surface area contributed by atoms with Gasteiger partial charge < -0.3 is 5.73 Å². The van der Waals surface area contributed by atoms with E-state index in [9.17, 15) is 0 Å². The van der Waals surface area contributed by atoms with E-state index in [2.05, 4.69) is 18.2 Å². The van der Waals surface area contributed by atoms with Gasteiger partial charge in [0, 0.05) is 10.6 Å². The highest BCUT2D eigenvalue weighted by atomic mass is 32.2. The second kappa shape index (κ2) is 3.97. The topological polar surface area (TPSA) is 38.9 Å². The average Bonchev–Trinajstić information content (AvgIpc) is 2.31. The van der Waals surface area contributed by atoms with E-state index in [1.54, 1.807) is 0 Å². The lowest BCUT2D eigenvalue weighted by Crippen LogP contribution is -1.86. The van der Waals surface area contributed by atoms with Crippen LogP contribution in [0, 0.1) is 0 Å².